The summed E-state index contributed by atoms with van der Waals surface area (Å²) in [7, 11) is 0. The average Bonchev–Trinajstić information content (AvgIpc) is 2.61. The fourth-order valence-electron chi connectivity index (χ4n) is 1.72. The summed E-state index contributed by atoms with van der Waals surface area (Å²) in [6.45, 7) is -0.305. The number of amides is 3. The van der Waals surface area contributed by atoms with Crippen molar-refractivity contribution in [2.75, 3.05) is 13.2 Å². The van der Waals surface area contributed by atoms with Crippen molar-refractivity contribution in [1.82, 2.24) is 15.5 Å². The number of nitrogens with one attached hydrogen (secondary N) is 2. The van der Waals surface area contributed by atoms with Gasteiger partial charge in [-0.25, -0.2) is 9.79 Å². The molecule has 4 N–H and O–H groups in total. The summed E-state index contributed by atoms with van der Waals surface area (Å²) >= 11 is 0. The Morgan fingerprint density at radius 3 is 3.00 bits per heavy atom. The molecule has 0 aromatic heterocycles. The van der Waals surface area contributed by atoms with E-state index in [1.807, 2.05) is 0 Å². The fourth-order valence-corrected chi connectivity index (χ4v) is 1.72. The quantitative estimate of drug-likeness (QED) is 0.417. The molecule has 1 fully saturated rings. The zero-order chi connectivity index (χ0) is 11.7. The molecule has 0 saturated carbocycles. The molecule has 0 bridgehead atoms. The van der Waals surface area contributed by atoms with Gasteiger partial charge in [-0.1, -0.05) is 0 Å². The first-order valence-electron chi connectivity index (χ1n) is 4.81. The van der Waals surface area contributed by atoms with Gasteiger partial charge < -0.3 is 20.4 Å². The summed E-state index contributed by atoms with van der Waals surface area (Å²) in [5, 5.41) is 22.6. The molecule has 1 saturated heterocycles. The number of urea groups is 1. The van der Waals surface area contributed by atoms with Crippen LogP contribution in [0.15, 0.2) is 4.99 Å². The van der Waals surface area contributed by atoms with E-state index in [0.717, 1.165) is 0 Å². The standard InChI is InChI=1S/C8H12N4O4/c13-2-4(14)1-12-3-9-6-5(12)7(15)11-8(16)10-6/h3-6,13-14H,1-2H2,(H2,10,11,15,16). The number of β-amino-alcohol motifs (C(OH)–C–C–N with tert-alkyl or cyclic N) is 1. The van der Waals surface area contributed by atoms with Gasteiger partial charge in [0.2, 0.25) is 0 Å². The topological polar surface area (TPSA) is 114 Å². The molecule has 2 aliphatic rings. The second kappa shape index (κ2) is 4.06. The van der Waals surface area contributed by atoms with Crippen LogP contribution in [0.1, 0.15) is 0 Å². The first-order chi connectivity index (χ1) is 7.61. The molecule has 8 nitrogen and oxygen atoms in total. The summed E-state index contributed by atoms with van der Waals surface area (Å²) in [4.78, 5) is 27.9. The van der Waals surface area contributed by atoms with Gasteiger partial charge in [-0.15, -0.1) is 0 Å². The molecule has 8 heteroatoms. The van der Waals surface area contributed by atoms with Gasteiger partial charge in [-0.05, 0) is 0 Å². The largest absolute Gasteiger partial charge is 0.394 e. The van der Waals surface area contributed by atoms with Crippen LogP contribution in [0.25, 0.3) is 0 Å². The van der Waals surface area contributed by atoms with Crippen molar-refractivity contribution < 1.29 is 19.8 Å². The summed E-state index contributed by atoms with van der Waals surface area (Å²) < 4.78 is 0. The number of aliphatic hydroxyl groups is 2. The van der Waals surface area contributed by atoms with Crippen molar-refractivity contribution in [3.05, 3.63) is 0 Å². The van der Waals surface area contributed by atoms with Crippen molar-refractivity contribution in [1.29, 1.82) is 0 Å². The monoisotopic (exact) mass is 228 g/mol. The third kappa shape index (κ3) is 1.84. The highest BCUT2D eigenvalue weighted by atomic mass is 16.3. The predicted molar refractivity (Wildman–Crippen MR) is 52.5 cm³/mol. The number of carbonyl (C=O) groups excluding carboxylic acids is 2. The average molecular weight is 228 g/mol. The Kier molecular flexibility index (Phi) is 2.75. The molecule has 88 valence electrons. The minimum absolute atomic E-state index is 0.0878. The molecule has 0 radical (unpaired) electrons. The maximum atomic E-state index is 11.5. The third-order valence-electron chi connectivity index (χ3n) is 2.45. The number of nitrogens with zero attached hydrogens (tertiary/aromatic N) is 2. The van der Waals surface area contributed by atoms with Crippen molar-refractivity contribution >= 4 is 18.3 Å². The van der Waals surface area contributed by atoms with Gasteiger partial charge in [0.15, 0.2) is 12.2 Å². The second-order valence-corrected chi connectivity index (χ2v) is 3.65. The maximum Gasteiger partial charge on any atom is 0.323 e. The van der Waals surface area contributed by atoms with E-state index in [2.05, 4.69) is 15.6 Å². The van der Waals surface area contributed by atoms with Crippen LogP contribution in [-0.2, 0) is 4.79 Å². The molecule has 3 atom stereocenters. The van der Waals surface area contributed by atoms with Crippen LogP contribution >= 0.6 is 0 Å². The van der Waals surface area contributed by atoms with Gasteiger partial charge in [0.25, 0.3) is 5.91 Å². The van der Waals surface area contributed by atoms with Crippen molar-refractivity contribution in [3.63, 3.8) is 0 Å². The Hall–Kier alpha value is -1.67. The summed E-state index contributed by atoms with van der Waals surface area (Å²) in [6.07, 6.45) is -0.179. The van der Waals surface area contributed by atoms with Crippen LogP contribution < -0.4 is 10.6 Å². The number of fused-ring (bicyclic) bond motifs is 1. The normalized spacial score (nSPS) is 29.8. The minimum atomic E-state index is -0.948. The van der Waals surface area contributed by atoms with Crippen molar-refractivity contribution in [2.24, 2.45) is 4.99 Å². The summed E-state index contributed by atoms with van der Waals surface area (Å²) in [5.41, 5.74) is 0. The fraction of sp³-hybridized carbons (Fsp3) is 0.625. The Morgan fingerprint density at radius 2 is 2.31 bits per heavy atom. The predicted octanol–water partition coefficient (Wildman–Crippen LogP) is -2.78. The molecular formula is C8H12N4O4. The maximum absolute atomic E-state index is 11.5. The molecule has 2 aliphatic heterocycles. The van der Waals surface area contributed by atoms with Gasteiger partial charge in [0.05, 0.1) is 19.0 Å². The number of hydrogen-bond donors (Lipinski definition) is 4. The number of hydrogen-bond acceptors (Lipinski definition) is 6. The van der Waals surface area contributed by atoms with Gasteiger partial charge in [-0.3, -0.25) is 10.1 Å². The lowest BCUT2D eigenvalue weighted by atomic mass is 10.1. The van der Waals surface area contributed by atoms with E-state index in [1.54, 1.807) is 0 Å². The molecule has 2 rings (SSSR count). The van der Waals surface area contributed by atoms with E-state index >= 15 is 0 Å². The van der Waals surface area contributed by atoms with Gasteiger partial charge in [0, 0.05) is 6.54 Å². The van der Waals surface area contributed by atoms with E-state index in [4.69, 9.17) is 5.11 Å². The zero-order valence-corrected chi connectivity index (χ0v) is 8.33. The summed E-state index contributed by atoms with van der Waals surface area (Å²) in [6, 6.07) is -1.23. The highest BCUT2D eigenvalue weighted by Crippen LogP contribution is 2.15. The minimum Gasteiger partial charge on any atom is -0.394 e. The number of aliphatic hydroxyl groups excluding tert-OH is 2. The van der Waals surface area contributed by atoms with Crippen molar-refractivity contribution in [2.45, 2.75) is 18.3 Å². The highest BCUT2D eigenvalue weighted by Gasteiger charge is 2.42. The number of rotatable bonds is 3. The number of carbonyl (C=O) groups is 2. The third-order valence-corrected chi connectivity index (χ3v) is 2.45. The van der Waals surface area contributed by atoms with Crippen LogP contribution in [0.5, 0.6) is 0 Å². The van der Waals surface area contributed by atoms with Crippen LogP contribution in [0, 0.1) is 0 Å². The second-order valence-electron chi connectivity index (χ2n) is 3.65. The van der Waals surface area contributed by atoms with Crippen molar-refractivity contribution in [3.8, 4) is 0 Å². The Labute approximate surface area is 90.9 Å². The zero-order valence-electron chi connectivity index (χ0n) is 8.33. The van der Waals surface area contributed by atoms with E-state index in [0.29, 0.717) is 0 Å². The molecule has 0 aliphatic carbocycles. The molecule has 16 heavy (non-hydrogen) atoms. The molecule has 0 aromatic carbocycles. The van der Waals surface area contributed by atoms with Crippen LogP contribution in [0.3, 0.4) is 0 Å². The molecule has 0 aromatic rings. The molecule has 2 heterocycles. The lowest BCUT2D eigenvalue weighted by Crippen LogP contribution is -2.63. The summed E-state index contributed by atoms with van der Waals surface area (Å²) in [5.74, 6) is -0.462. The first-order valence-corrected chi connectivity index (χ1v) is 4.81. The van der Waals surface area contributed by atoms with E-state index in [1.165, 1.54) is 11.2 Å². The molecule has 0 spiro atoms. The van der Waals surface area contributed by atoms with Gasteiger partial charge in [0.1, 0.15) is 0 Å². The number of aliphatic imine (C=N–C) groups is 1. The lowest BCUT2D eigenvalue weighted by Gasteiger charge is -2.31. The van der Waals surface area contributed by atoms with E-state index in [9.17, 15) is 14.7 Å². The molecular weight excluding hydrogens is 216 g/mol. The van der Waals surface area contributed by atoms with E-state index in [-0.39, 0.29) is 6.54 Å². The lowest BCUT2D eigenvalue weighted by molar-refractivity contribution is -0.125. The Balaban J connectivity index is 2.06. The number of imide groups is 1. The van der Waals surface area contributed by atoms with Crippen LogP contribution in [0.2, 0.25) is 0 Å². The molecule has 3 unspecified atom stereocenters. The molecule has 3 amide bonds. The Morgan fingerprint density at radius 1 is 1.56 bits per heavy atom. The van der Waals surface area contributed by atoms with Crippen LogP contribution in [-0.4, -0.2) is 64.9 Å². The SMILES string of the molecule is O=C1NC(=O)C2C(N=CN2CC(O)CO)N1. The van der Waals surface area contributed by atoms with Crippen LogP contribution in [0.4, 0.5) is 4.79 Å². The first kappa shape index (κ1) is 10.8. The Bertz CT molecular complexity index is 345. The smallest absolute Gasteiger partial charge is 0.323 e. The van der Waals surface area contributed by atoms with Gasteiger partial charge >= 0.3 is 6.03 Å². The van der Waals surface area contributed by atoms with Gasteiger partial charge in [-0.2, -0.15) is 0 Å². The van der Waals surface area contributed by atoms with E-state index < -0.39 is 36.9 Å². The highest BCUT2D eigenvalue weighted by molar-refractivity contribution is 6.01.